The summed E-state index contributed by atoms with van der Waals surface area (Å²) in [6.07, 6.45) is 6.12. The normalized spacial score (nSPS) is 14.4. The van der Waals surface area contributed by atoms with E-state index < -0.39 is 0 Å². The number of anilines is 1. The van der Waals surface area contributed by atoms with E-state index in [1.54, 1.807) is 29.7 Å². The Morgan fingerprint density at radius 1 is 1.23 bits per heavy atom. The number of rotatable bonds is 8. The summed E-state index contributed by atoms with van der Waals surface area (Å²) in [6.45, 7) is 7.68. The Hall–Kier alpha value is -2.75. The SMILES string of the molecule is CC.CNC(=O)S/C(C=O)=C\c1ccnc(N2CCC(CNCc3ccc4sccc4c3)CC2)n1. The fourth-order valence-electron chi connectivity index (χ4n) is 3.87. The van der Waals surface area contributed by atoms with E-state index in [0.29, 0.717) is 28.8 Å². The lowest BCUT2D eigenvalue weighted by Gasteiger charge is -2.32. The van der Waals surface area contributed by atoms with Crippen LogP contribution >= 0.6 is 23.1 Å². The molecule has 0 bridgehead atoms. The molecular weight excluding hydrogens is 478 g/mol. The molecule has 4 rings (SSSR count). The van der Waals surface area contributed by atoms with Crippen LogP contribution in [0.5, 0.6) is 0 Å². The van der Waals surface area contributed by atoms with E-state index in [9.17, 15) is 9.59 Å². The van der Waals surface area contributed by atoms with Crippen LogP contribution in [0.3, 0.4) is 0 Å². The molecule has 1 saturated heterocycles. The molecule has 2 N–H and O–H groups in total. The van der Waals surface area contributed by atoms with Crippen molar-refractivity contribution in [2.24, 2.45) is 5.92 Å². The van der Waals surface area contributed by atoms with Crippen LogP contribution < -0.4 is 15.5 Å². The minimum Gasteiger partial charge on any atom is -0.350 e. The summed E-state index contributed by atoms with van der Waals surface area (Å²) < 4.78 is 1.33. The zero-order valence-electron chi connectivity index (χ0n) is 20.5. The fourth-order valence-corrected chi connectivity index (χ4v) is 5.18. The Morgan fingerprint density at radius 2 is 2.03 bits per heavy atom. The number of carbonyl (C=O) groups is 2. The van der Waals surface area contributed by atoms with Crippen molar-refractivity contribution in [1.29, 1.82) is 0 Å². The molecule has 7 nitrogen and oxygen atoms in total. The third-order valence-electron chi connectivity index (χ3n) is 5.66. The average molecular weight is 512 g/mol. The highest BCUT2D eigenvalue weighted by atomic mass is 32.2. The zero-order chi connectivity index (χ0) is 25.0. The molecule has 1 aliphatic rings. The molecule has 186 valence electrons. The van der Waals surface area contributed by atoms with Crippen LogP contribution in [0.15, 0.2) is 46.8 Å². The van der Waals surface area contributed by atoms with Gasteiger partial charge in [-0.15, -0.1) is 11.3 Å². The number of carbonyl (C=O) groups excluding carboxylic acids is 2. The maximum atomic E-state index is 11.5. The van der Waals surface area contributed by atoms with Gasteiger partial charge in [0, 0.05) is 37.6 Å². The van der Waals surface area contributed by atoms with E-state index in [4.69, 9.17) is 0 Å². The second-order valence-corrected chi connectivity index (χ2v) is 9.93. The first kappa shape index (κ1) is 26.8. The van der Waals surface area contributed by atoms with Gasteiger partial charge in [0.05, 0.1) is 10.6 Å². The molecule has 1 aromatic carbocycles. The van der Waals surface area contributed by atoms with Crippen LogP contribution in [-0.4, -0.2) is 48.2 Å². The van der Waals surface area contributed by atoms with Gasteiger partial charge in [0.15, 0.2) is 6.29 Å². The number of amides is 1. The number of nitrogens with zero attached hydrogens (tertiary/aromatic N) is 3. The van der Waals surface area contributed by atoms with Crippen LogP contribution in [0.2, 0.25) is 0 Å². The van der Waals surface area contributed by atoms with Crippen LogP contribution in [0.4, 0.5) is 10.7 Å². The lowest BCUT2D eigenvalue weighted by Crippen LogP contribution is -2.38. The highest BCUT2D eigenvalue weighted by molar-refractivity contribution is 8.17. The van der Waals surface area contributed by atoms with Crippen molar-refractivity contribution < 1.29 is 9.59 Å². The Morgan fingerprint density at radius 3 is 2.77 bits per heavy atom. The first-order chi connectivity index (χ1) is 17.1. The number of thiophene rings is 1. The van der Waals surface area contributed by atoms with Gasteiger partial charge in [0.2, 0.25) is 5.95 Å². The summed E-state index contributed by atoms with van der Waals surface area (Å²) in [5.41, 5.74) is 1.94. The number of piperidine rings is 1. The number of fused-ring (bicyclic) bond motifs is 1. The van der Waals surface area contributed by atoms with E-state index in [1.807, 2.05) is 13.8 Å². The van der Waals surface area contributed by atoms with Crippen molar-refractivity contribution in [2.45, 2.75) is 33.2 Å². The lowest BCUT2D eigenvalue weighted by atomic mass is 9.97. The topological polar surface area (TPSA) is 87.2 Å². The molecule has 35 heavy (non-hydrogen) atoms. The Kier molecular flexibility index (Phi) is 10.7. The Balaban J connectivity index is 0.00000167. The maximum absolute atomic E-state index is 11.5. The third-order valence-corrected chi connectivity index (χ3v) is 7.40. The largest absolute Gasteiger partial charge is 0.350 e. The van der Waals surface area contributed by atoms with E-state index in [0.717, 1.165) is 50.8 Å². The number of aromatic nitrogens is 2. The molecule has 0 spiro atoms. The molecule has 2 aromatic heterocycles. The van der Waals surface area contributed by atoms with Gasteiger partial charge in [-0.25, -0.2) is 9.97 Å². The van der Waals surface area contributed by atoms with Gasteiger partial charge in [-0.3, -0.25) is 9.59 Å². The van der Waals surface area contributed by atoms with Gasteiger partial charge in [0.1, 0.15) is 0 Å². The standard InChI is InChI=1S/C24H27N5O2S2.C2H6/c1-25-24(31)33-21(16-30)13-20-4-8-27-23(28-20)29-9-5-17(6-10-29)14-26-15-18-2-3-22-19(12-18)7-11-32-22;1-2/h2-4,7-8,11-13,16-17,26H,5-6,9-10,14-15H2,1H3,(H,25,31);1-2H3/b21-13-;. The van der Waals surface area contributed by atoms with Gasteiger partial charge >= 0.3 is 0 Å². The summed E-state index contributed by atoms with van der Waals surface area (Å²) in [6, 6.07) is 10.6. The van der Waals surface area contributed by atoms with Crippen molar-refractivity contribution in [1.82, 2.24) is 20.6 Å². The van der Waals surface area contributed by atoms with Crippen LogP contribution in [-0.2, 0) is 11.3 Å². The second-order valence-electron chi connectivity index (χ2n) is 7.94. The first-order valence-corrected chi connectivity index (χ1v) is 13.7. The van der Waals surface area contributed by atoms with Crippen molar-refractivity contribution in [2.75, 3.05) is 31.6 Å². The number of thioether (sulfide) groups is 1. The fraction of sp³-hybridized carbons (Fsp3) is 0.385. The number of aldehydes is 1. The smallest absolute Gasteiger partial charge is 0.283 e. The molecule has 1 aliphatic heterocycles. The number of hydrogen-bond acceptors (Lipinski definition) is 8. The number of allylic oxidation sites excluding steroid dienone is 1. The van der Waals surface area contributed by atoms with Gasteiger partial charge in [-0.1, -0.05) is 19.9 Å². The average Bonchev–Trinajstić information content (AvgIpc) is 3.38. The number of benzene rings is 1. The Bertz CT molecular complexity index is 1140. The molecule has 0 aliphatic carbocycles. The Labute approximate surface area is 215 Å². The highest BCUT2D eigenvalue weighted by Gasteiger charge is 2.21. The van der Waals surface area contributed by atoms with Crippen LogP contribution in [0, 0.1) is 5.92 Å². The summed E-state index contributed by atoms with van der Waals surface area (Å²) >= 11 is 2.63. The van der Waals surface area contributed by atoms with E-state index >= 15 is 0 Å². The summed E-state index contributed by atoms with van der Waals surface area (Å²) in [7, 11) is 1.53. The summed E-state index contributed by atoms with van der Waals surface area (Å²) in [4.78, 5) is 34.3. The molecular formula is C26H33N5O2S2. The minimum absolute atomic E-state index is 0.287. The molecule has 1 amide bonds. The van der Waals surface area contributed by atoms with E-state index in [1.165, 1.54) is 22.7 Å². The predicted molar refractivity (Wildman–Crippen MR) is 148 cm³/mol. The molecule has 9 heteroatoms. The van der Waals surface area contributed by atoms with Gasteiger partial charge in [-0.05, 0) is 83.7 Å². The molecule has 3 aromatic rings. The van der Waals surface area contributed by atoms with Crippen molar-refractivity contribution >= 4 is 56.7 Å². The van der Waals surface area contributed by atoms with Gasteiger partial charge in [0.25, 0.3) is 5.24 Å². The number of hydrogen-bond donors (Lipinski definition) is 2. The predicted octanol–water partition coefficient (Wildman–Crippen LogP) is 5.34. The maximum Gasteiger partial charge on any atom is 0.283 e. The quantitative estimate of drug-likeness (QED) is 0.312. The molecule has 3 heterocycles. The van der Waals surface area contributed by atoms with Crippen molar-refractivity contribution in [3.05, 3.63) is 58.1 Å². The minimum atomic E-state index is -0.287. The molecule has 0 saturated carbocycles. The number of nitrogens with one attached hydrogen (secondary N) is 2. The monoisotopic (exact) mass is 511 g/mol. The summed E-state index contributed by atoms with van der Waals surface area (Å²) in [5.74, 6) is 1.29. The van der Waals surface area contributed by atoms with Gasteiger partial charge < -0.3 is 15.5 Å². The zero-order valence-corrected chi connectivity index (χ0v) is 22.1. The van der Waals surface area contributed by atoms with E-state index in [-0.39, 0.29) is 5.24 Å². The van der Waals surface area contributed by atoms with Crippen molar-refractivity contribution in [3.63, 3.8) is 0 Å². The molecule has 0 radical (unpaired) electrons. The lowest BCUT2D eigenvalue weighted by molar-refractivity contribution is -0.104. The van der Waals surface area contributed by atoms with Crippen LogP contribution in [0.1, 0.15) is 37.9 Å². The first-order valence-electron chi connectivity index (χ1n) is 12.0. The highest BCUT2D eigenvalue weighted by Crippen LogP contribution is 2.23. The molecule has 1 fully saturated rings. The second kappa shape index (κ2) is 14.0. The molecule has 0 unspecified atom stereocenters. The summed E-state index contributed by atoms with van der Waals surface area (Å²) in [5, 5.41) is 9.27. The van der Waals surface area contributed by atoms with E-state index in [2.05, 4.69) is 55.1 Å². The van der Waals surface area contributed by atoms with Crippen LogP contribution in [0.25, 0.3) is 16.2 Å². The molecule has 0 atom stereocenters. The van der Waals surface area contributed by atoms with Crippen molar-refractivity contribution in [3.8, 4) is 0 Å². The third kappa shape index (κ3) is 7.88. The van der Waals surface area contributed by atoms with Gasteiger partial charge in [-0.2, -0.15) is 0 Å².